The van der Waals surface area contributed by atoms with Crippen LogP contribution in [0, 0.1) is 12.7 Å². The van der Waals surface area contributed by atoms with E-state index in [2.05, 4.69) is 25.9 Å². The largest absolute Gasteiger partial charge is 0.460 e. The van der Waals surface area contributed by atoms with Crippen molar-refractivity contribution in [2.45, 2.75) is 32.4 Å². The summed E-state index contributed by atoms with van der Waals surface area (Å²) in [4.78, 5) is 14.6. The fourth-order valence-corrected chi connectivity index (χ4v) is 2.61. The molecule has 1 aliphatic heterocycles. The zero-order chi connectivity index (χ0) is 15.4. The van der Waals surface area contributed by atoms with E-state index < -0.39 is 5.82 Å². The molecule has 0 saturated carbocycles. The predicted molar refractivity (Wildman–Crippen MR) is 79.9 cm³/mol. The third-order valence-electron chi connectivity index (χ3n) is 3.73. The van der Waals surface area contributed by atoms with Crippen LogP contribution in [0.3, 0.4) is 0 Å². The summed E-state index contributed by atoms with van der Waals surface area (Å²) < 4.78 is 18.5. The summed E-state index contributed by atoms with van der Waals surface area (Å²) in [5.41, 5.74) is 2.14. The Morgan fingerprint density at radius 2 is 1.95 bits per heavy atom. The molecule has 6 heteroatoms. The molecule has 116 valence electrons. The number of hydrogen-bond donors (Lipinski definition) is 0. The maximum atomic E-state index is 12.8. The summed E-state index contributed by atoms with van der Waals surface area (Å²) in [7, 11) is 0. The van der Waals surface area contributed by atoms with E-state index in [1.165, 1.54) is 0 Å². The maximum absolute atomic E-state index is 12.8. The third kappa shape index (κ3) is 3.98. The second kappa shape index (κ2) is 6.79. The van der Waals surface area contributed by atoms with Crippen LogP contribution >= 0.6 is 0 Å². The van der Waals surface area contributed by atoms with Crippen LogP contribution in [0.5, 0.6) is 6.01 Å². The molecule has 0 spiro atoms. The van der Waals surface area contributed by atoms with Gasteiger partial charge in [0.05, 0.1) is 18.1 Å². The molecular formula is C16H19FN4O. The Labute approximate surface area is 129 Å². The van der Waals surface area contributed by atoms with Gasteiger partial charge in [-0.1, -0.05) is 6.07 Å². The van der Waals surface area contributed by atoms with Gasteiger partial charge in [-0.25, -0.2) is 14.4 Å². The first-order valence-corrected chi connectivity index (χ1v) is 7.48. The van der Waals surface area contributed by atoms with Gasteiger partial charge in [-0.3, -0.25) is 9.88 Å². The first kappa shape index (κ1) is 14.8. The van der Waals surface area contributed by atoms with E-state index in [4.69, 9.17) is 4.74 Å². The first-order valence-electron chi connectivity index (χ1n) is 7.48. The van der Waals surface area contributed by atoms with Gasteiger partial charge in [0.2, 0.25) is 0 Å². The van der Waals surface area contributed by atoms with E-state index in [-0.39, 0.29) is 12.1 Å². The van der Waals surface area contributed by atoms with Crippen LogP contribution in [0.15, 0.2) is 30.6 Å². The van der Waals surface area contributed by atoms with Crippen LogP contribution in [0.4, 0.5) is 4.39 Å². The Hall–Kier alpha value is -2.08. The SMILES string of the molecule is Cc1cccc(CN2CCC(Oc3ncc(F)cn3)CC2)n1. The van der Waals surface area contributed by atoms with Crippen LogP contribution in [0.2, 0.25) is 0 Å². The molecule has 0 aromatic carbocycles. The predicted octanol–water partition coefficient (Wildman–Crippen LogP) is 2.36. The lowest BCUT2D eigenvalue weighted by Gasteiger charge is -2.31. The summed E-state index contributed by atoms with van der Waals surface area (Å²) in [5, 5.41) is 0. The Kier molecular flexibility index (Phi) is 4.58. The van der Waals surface area contributed by atoms with Crippen molar-refractivity contribution in [2.75, 3.05) is 13.1 Å². The third-order valence-corrected chi connectivity index (χ3v) is 3.73. The van der Waals surface area contributed by atoms with Crippen LogP contribution in [-0.2, 0) is 6.54 Å². The van der Waals surface area contributed by atoms with Crippen LogP contribution in [0.1, 0.15) is 24.2 Å². The van der Waals surface area contributed by atoms with Crippen molar-refractivity contribution in [1.82, 2.24) is 19.9 Å². The number of rotatable bonds is 4. The number of aryl methyl sites for hydroxylation is 1. The molecule has 0 unspecified atom stereocenters. The van der Waals surface area contributed by atoms with Crippen molar-refractivity contribution in [3.8, 4) is 6.01 Å². The van der Waals surface area contributed by atoms with E-state index >= 15 is 0 Å². The molecule has 0 aliphatic carbocycles. The molecule has 22 heavy (non-hydrogen) atoms. The highest BCUT2D eigenvalue weighted by Gasteiger charge is 2.21. The molecule has 0 N–H and O–H groups in total. The van der Waals surface area contributed by atoms with E-state index in [0.717, 1.165) is 56.3 Å². The monoisotopic (exact) mass is 302 g/mol. The Balaban J connectivity index is 1.49. The molecule has 1 fully saturated rings. The average molecular weight is 302 g/mol. The molecule has 3 rings (SSSR count). The van der Waals surface area contributed by atoms with Gasteiger partial charge >= 0.3 is 6.01 Å². The number of piperidine rings is 1. The zero-order valence-corrected chi connectivity index (χ0v) is 12.6. The Morgan fingerprint density at radius 3 is 2.64 bits per heavy atom. The topological polar surface area (TPSA) is 51.1 Å². The minimum absolute atomic E-state index is 0.0900. The van der Waals surface area contributed by atoms with Gasteiger partial charge in [-0.05, 0) is 31.9 Å². The van der Waals surface area contributed by atoms with Crippen molar-refractivity contribution in [3.63, 3.8) is 0 Å². The van der Waals surface area contributed by atoms with E-state index in [1.807, 2.05) is 19.1 Å². The van der Waals surface area contributed by atoms with Gasteiger partial charge in [0.1, 0.15) is 6.10 Å². The van der Waals surface area contributed by atoms with Crippen molar-refractivity contribution < 1.29 is 9.13 Å². The number of aromatic nitrogens is 3. The van der Waals surface area contributed by atoms with Gasteiger partial charge in [-0.15, -0.1) is 0 Å². The molecule has 3 heterocycles. The second-order valence-electron chi connectivity index (χ2n) is 5.55. The van der Waals surface area contributed by atoms with Gasteiger partial charge in [0.25, 0.3) is 0 Å². The summed E-state index contributed by atoms with van der Waals surface area (Å²) in [6, 6.07) is 6.35. The summed E-state index contributed by atoms with van der Waals surface area (Å²) in [6.07, 6.45) is 4.16. The minimum atomic E-state index is -0.451. The molecule has 1 saturated heterocycles. The summed E-state index contributed by atoms with van der Waals surface area (Å²) in [6.45, 7) is 4.76. The number of nitrogens with zero attached hydrogens (tertiary/aromatic N) is 4. The fourth-order valence-electron chi connectivity index (χ4n) is 2.61. The van der Waals surface area contributed by atoms with E-state index in [0.29, 0.717) is 0 Å². The van der Waals surface area contributed by atoms with Gasteiger partial charge in [-0.2, -0.15) is 0 Å². The molecule has 1 aliphatic rings. The highest BCUT2D eigenvalue weighted by molar-refractivity contribution is 5.10. The van der Waals surface area contributed by atoms with Gasteiger partial charge in [0, 0.05) is 25.3 Å². The molecule has 2 aromatic rings. The quantitative estimate of drug-likeness (QED) is 0.868. The smallest absolute Gasteiger partial charge is 0.316 e. The lowest BCUT2D eigenvalue weighted by Crippen LogP contribution is -2.38. The van der Waals surface area contributed by atoms with E-state index in [9.17, 15) is 4.39 Å². The second-order valence-corrected chi connectivity index (χ2v) is 5.55. The van der Waals surface area contributed by atoms with Crippen molar-refractivity contribution >= 4 is 0 Å². The van der Waals surface area contributed by atoms with E-state index in [1.54, 1.807) is 0 Å². The average Bonchev–Trinajstić information content (AvgIpc) is 2.52. The van der Waals surface area contributed by atoms with Crippen molar-refractivity contribution in [2.24, 2.45) is 0 Å². The highest BCUT2D eigenvalue weighted by atomic mass is 19.1. The van der Waals surface area contributed by atoms with Crippen LogP contribution < -0.4 is 4.74 Å². The molecular weight excluding hydrogens is 283 g/mol. The van der Waals surface area contributed by atoms with Gasteiger partial charge < -0.3 is 4.74 Å². The maximum Gasteiger partial charge on any atom is 0.316 e. The zero-order valence-electron chi connectivity index (χ0n) is 12.6. The summed E-state index contributed by atoms with van der Waals surface area (Å²) in [5.74, 6) is -0.451. The molecule has 0 radical (unpaired) electrons. The number of likely N-dealkylation sites (tertiary alicyclic amines) is 1. The Morgan fingerprint density at radius 1 is 1.23 bits per heavy atom. The van der Waals surface area contributed by atoms with Crippen molar-refractivity contribution in [1.29, 1.82) is 0 Å². The standard InChI is InChI=1S/C16H19FN4O/c1-12-3-2-4-14(20-12)11-21-7-5-15(6-8-21)22-16-18-9-13(17)10-19-16/h2-4,9-10,15H,5-8,11H2,1H3. The van der Waals surface area contributed by atoms with Crippen LogP contribution in [-0.4, -0.2) is 39.0 Å². The van der Waals surface area contributed by atoms with Crippen molar-refractivity contribution in [3.05, 3.63) is 47.8 Å². The van der Waals surface area contributed by atoms with Crippen LogP contribution in [0.25, 0.3) is 0 Å². The molecule has 0 atom stereocenters. The lowest BCUT2D eigenvalue weighted by atomic mass is 10.1. The lowest BCUT2D eigenvalue weighted by molar-refractivity contribution is 0.0884. The Bertz CT molecular complexity index is 612. The minimum Gasteiger partial charge on any atom is -0.460 e. The van der Waals surface area contributed by atoms with Gasteiger partial charge in [0.15, 0.2) is 5.82 Å². The fraction of sp³-hybridized carbons (Fsp3) is 0.438. The first-order chi connectivity index (χ1) is 10.7. The molecule has 0 amide bonds. The molecule has 5 nitrogen and oxygen atoms in total. The number of halogens is 1. The summed E-state index contributed by atoms with van der Waals surface area (Å²) >= 11 is 0. The number of ether oxygens (including phenoxy) is 1. The molecule has 2 aromatic heterocycles. The normalized spacial score (nSPS) is 16.6. The number of hydrogen-bond acceptors (Lipinski definition) is 5. The molecule has 0 bridgehead atoms. The highest BCUT2D eigenvalue weighted by Crippen LogP contribution is 2.17. The number of pyridine rings is 1.